The average molecular weight is 390 g/mol. The smallest absolute Gasteiger partial charge is 0.322 e. The topological polar surface area (TPSA) is 76.4 Å². The number of nitriles is 1. The maximum Gasteiger partial charge on any atom is 0.322 e. The number of anilines is 1. The van der Waals surface area contributed by atoms with Crippen LogP contribution < -0.4 is 5.32 Å². The molecule has 6 heteroatoms. The average Bonchev–Trinajstić information content (AvgIpc) is 2.73. The van der Waals surface area contributed by atoms with Crippen molar-refractivity contribution in [2.45, 2.75) is 26.8 Å². The molecule has 0 saturated carbocycles. The molecule has 0 radical (unpaired) electrons. The van der Waals surface area contributed by atoms with Gasteiger partial charge in [0, 0.05) is 30.7 Å². The summed E-state index contributed by atoms with van der Waals surface area (Å²) >= 11 is 0. The predicted octanol–water partition coefficient (Wildman–Crippen LogP) is 4.02. The zero-order valence-electron chi connectivity index (χ0n) is 17.1. The number of nitrogens with one attached hydrogen (secondary N) is 1. The molecule has 1 saturated heterocycles. The minimum Gasteiger partial charge on any atom is -0.338 e. The molecule has 2 aromatic rings. The molecule has 1 fully saturated rings. The molecule has 6 nitrogen and oxygen atoms in total. The zero-order valence-corrected chi connectivity index (χ0v) is 17.1. The van der Waals surface area contributed by atoms with Crippen molar-refractivity contribution in [3.8, 4) is 6.07 Å². The van der Waals surface area contributed by atoms with Crippen LogP contribution in [0.25, 0.3) is 0 Å². The van der Waals surface area contributed by atoms with E-state index in [1.165, 1.54) is 0 Å². The lowest BCUT2D eigenvalue weighted by Gasteiger charge is -2.43. The highest BCUT2D eigenvalue weighted by Crippen LogP contribution is 2.29. The van der Waals surface area contributed by atoms with Gasteiger partial charge in [-0.15, -0.1) is 0 Å². The van der Waals surface area contributed by atoms with Gasteiger partial charge in [0.1, 0.15) is 0 Å². The van der Waals surface area contributed by atoms with Gasteiger partial charge in [0.25, 0.3) is 0 Å². The number of nitrogens with zero attached hydrogens (tertiary/aromatic N) is 3. The van der Waals surface area contributed by atoms with Gasteiger partial charge in [-0.3, -0.25) is 4.79 Å². The first-order valence-electron chi connectivity index (χ1n) is 9.71. The van der Waals surface area contributed by atoms with Crippen molar-refractivity contribution in [3.63, 3.8) is 0 Å². The number of carbonyl (C=O) groups excluding carboxylic acids is 2. The molecule has 2 aromatic carbocycles. The SMILES string of the molecule is CC(C)(C)C(=O)N1CCN(C(=O)Nc2ccc(C#N)cc2)C(c2ccccc2)C1. The van der Waals surface area contributed by atoms with E-state index in [1.807, 2.05) is 56.0 Å². The van der Waals surface area contributed by atoms with Crippen LogP contribution in [0.2, 0.25) is 0 Å². The summed E-state index contributed by atoms with van der Waals surface area (Å²) in [6, 6.07) is 18.2. The number of piperazine rings is 1. The van der Waals surface area contributed by atoms with Gasteiger partial charge in [-0.2, -0.15) is 5.26 Å². The molecule has 0 aromatic heterocycles. The number of rotatable bonds is 2. The Hall–Kier alpha value is -3.33. The van der Waals surface area contributed by atoms with Crippen LogP contribution >= 0.6 is 0 Å². The second-order valence-corrected chi connectivity index (χ2v) is 8.24. The van der Waals surface area contributed by atoms with Crippen LogP contribution in [0.1, 0.15) is 37.9 Å². The van der Waals surface area contributed by atoms with Crippen molar-refractivity contribution < 1.29 is 9.59 Å². The fraction of sp³-hybridized carbons (Fsp3) is 0.348. The highest BCUT2D eigenvalue weighted by Gasteiger charge is 2.36. The highest BCUT2D eigenvalue weighted by molar-refractivity contribution is 5.90. The van der Waals surface area contributed by atoms with Crippen molar-refractivity contribution in [2.24, 2.45) is 5.41 Å². The Bertz CT molecular complexity index is 911. The summed E-state index contributed by atoms with van der Waals surface area (Å²) in [4.78, 5) is 29.5. The van der Waals surface area contributed by atoms with E-state index >= 15 is 0 Å². The molecule has 1 aliphatic rings. The molecule has 1 atom stereocenters. The van der Waals surface area contributed by atoms with Gasteiger partial charge in [0.05, 0.1) is 17.7 Å². The van der Waals surface area contributed by atoms with Crippen LogP contribution in [0, 0.1) is 16.7 Å². The van der Waals surface area contributed by atoms with Gasteiger partial charge in [0.15, 0.2) is 0 Å². The van der Waals surface area contributed by atoms with Crippen molar-refractivity contribution in [1.82, 2.24) is 9.80 Å². The first-order valence-corrected chi connectivity index (χ1v) is 9.71. The molecule has 0 aliphatic carbocycles. The monoisotopic (exact) mass is 390 g/mol. The van der Waals surface area contributed by atoms with Crippen molar-refractivity contribution in [3.05, 3.63) is 65.7 Å². The van der Waals surface area contributed by atoms with Crippen molar-refractivity contribution >= 4 is 17.6 Å². The van der Waals surface area contributed by atoms with Crippen LogP contribution in [0.4, 0.5) is 10.5 Å². The van der Waals surface area contributed by atoms with Gasteiger partial charge in [-0.05, 0) is 29.8 Å². The largest absolute Gasteiger partial charge is 0.338 e. The molecule has 0 spiro atoms. The molecule has 150 valence electrons. The van der Waals surface area contributed by atoms with Crippen molar-refractivity contribution in [2.75, 3.05) is 25.0 Å². The Labute approximate surface area is 171 Å². The van der Waals surface area contributed by atoms with Crippen LogP contribution in [0.15, 0.2) is 54.6 Å². The number of urea groups is 1. The molecule has 0 bridgehead atoms. The molecule has 29 heavy (non-hydrogen) atoms. The lowest BCUT2D eigenvalue weighted by Crippen LogP contribution is -2.55. The minimum absolute atomic E-state index is 0.0885. The van der Waals surface area contributed by atoms with Gasteiger partial charge >= 0.3 is 6.03 Å². The van der Waals surface area contributed by atoms with E-state index < -0.39 is 5.41 Å². The van der Waals surface area contributed by atoms with E-state index in [4.69, 9.17) is 5.26 Å². The number of hydrogen-bond donors (Lipinski definition) is 1. The Morgan fingerprint density at radius 1 is 1.03 bits per heavy atom. The van der Waals surface area contributed by atoms with Crippen molar-refractivity contribution in [1.29, 1.82) is 5.26 Å². The Balaban J connectivity index is 1.81. The summed E-state index contributed by atoms with van der Waals surface area (Å²) in [5.74, 6) is 0.0885. The third-order valence-electron chi connectivity index (χ3n) is 5.02. The summed E-state index contributed by atoms with van der Waals surface area (Å²) < 4.78 is 0. The molecular weight excluding hydrogens is 364 g/mol. The first kappa shape index (κ1) is 20.4. The molecular formula is C23H26N4O2. The summed E-state index contributed by atoms with van der Waals surface area (Å²) in [5.41, 5.74) is 1.70. The van der Waals surface area contributed by atoms with Crippen LogP contribution in [0.3, 0.4) is 0 Å². The maximum absolute atomic E-state index is 13.0. The van der Waals surface area contributed by atoms with E-state index in [1.54, 1.807) is 29.2 Å². The minimum atomic E-state index is -0.464. The Kier molecular flexibility index (Phi) is 5.88. The van der Waals surface area contributed by atoms with E-state index in [2.05, 4.69) is 11.4 Å². The second-order valence-electron chi connectivity index (χ2n) is 8.24. The molecule has 3 amide bonds. The molecule has 1 unspecified atom stereocenters. The van der Waals surface area contributed by atoms with Crippen LogP contribution in [-0.2, 0) is 4.79 Å². The number of benzene rings is 2. The van der Waals surface area contributed by atoms with Gasteiger partial charge in [-0.25, -0.2) is 4.79 Å². The summed E-state index contributed by atoms with van der Waals surface area (Å²) in [5, 5.41) is 11.8. The highest BCUT2D eigenvalue weighted by atomic mass is 16.2. The van der Waals surface area contributed by atoms with Gasteiger partial charge < -0.3 is 15.1 Å². The quantitative estimate of drug-likeness (QED) is 0.841. The number of amides is 3. The summed E-state index contributed by atoms with van der Waals surface area (Å²) in [7, 11) is 0. The molecule has 1 heterocycles. The van der Waals surface area contributed by atoms with E-state index in [9.17, 15) is 9.59 Å². The van der Waals surface area contributed by atoms with Gasteiger partial charge in [0.2, 0.25) is 5.91 Å². The number of carbonyl (C=O) groups is 2. The maximum atomic E-state index is 13.0. The van der Waals surface area contributed by atoms with Crippen LogP contribution in [-0.4, -0.2) is 41.4 Å². The predicted molar refractivity (Wildman–Crippen MR) is 112 cm³/mol. The Morgan fingerprint density at radius 2 is 1.69 bits per heavy atom. The van der Waals surface area contributed by atoms with E-state index in [0.717, 1.165) is 5.56 Å². The fourth-order valence-electron chi connectivity index (χ4n) is 3.47. The Morgan fingerprint density at radius 3 is 2.28 bits per heavy atom. The summed E-state index contributed by atoms with van der Waals surface area (Å²) in [6.45, 7) is 7.15. The number of hydrogen-bond acceptors (Lipinski definition) is 3. The third kappa shape index (κ3) is 4.75. The molecule has 1 N–H and O–H groups in total. The lowest BCUT2D eigenvalue weighted by molar-refractivity contribution is -0.142. The molecule has 3 rings (SSSR count). The lowest BCUT2D eigenvalue weighted by atomic mass is 9.93. The van der Waals surface area contributed by atoms with Crippen LogP contribution in [0.5, 0.6) is 0 Å². The first-order chi connectivity index (χ1) is 13.8. The van der Waals surface area contributed by atoms with Gasteiger partial charge in [-0.1, -0.05) is 51.1 Å². The standard InChI is InChI=1S/C23H26N4O2/c1-23(2,3)21(28)26-13-14-27(20(16-26)18-7-5-4-6-8-18)22(29)25-19-11-9-17(15-24)10-12-19/h4-12,20H,13-14,16H2,1-3H3,(H,25,29). The fourth-order valence-corrected chi connectivity index (χ4v) is 3.47. The normalized spacial score (nSPS) is 16.8. The zero-order chi connectivity index (χ0) is 21.0. The van der Waals surface area contributed by atoms with E-state index in [-0.39, 0.29) is 18.0 Å². The molecule has 1 aliphatic heterocycles. The second kappa shape index (κ2) is 8.36. The third-order valence-corrected chi connectivity index (χ3v) is 5.02. The van der Waals surface area contributed by atoms with E-state index in [0.29, 0.717) is 30.9 Å². The summed E-state index contributed by atoms with van der Waals surface area (Å²) in [6.07, 6.45) is 0.